The van der Waals surface area contributed by atoms with E-state index in [0.29, 0.717) is 5.56 Å². The molecule has 0 spiro atoms. The second-order valence-corrected chi connectivity index (χ2v) is 5.91. The molecule has 2 nitrogen and oxygen atoms in total. The lowest BCUT2D eigenvalue weighted by molar-refractivity contribution is 0.618. The quantitative estimate of drug-likeness (QED) is 0.889. The molecule has 2 aromatic rings. The van der Waals surface area contributed by atoms with Crippen molar-refractivity contribution in [2.75, 3.05) is 5.32 Å². The molecule has 1 atom stereocenters. The second-order valence-electron chi connectivity index (χ2n) is 4.50. The molecule has 18 heavy (non-hydrogen) atoms. The van der Waals surface area contributed by atoms with Gasteiger partial charge in [0.05, 0.1) is 16.7 Å². The van der Waals surface area contributed by atoms with Crippen LogP contribution in [0, 0.1) is 26.6 Å². The number of hydrogen-bond donors (Lipinski definition) is 1. The van der Waals surface area contributed by atoms with E-state index in [2.05, 4.69) is 24.1 Å². The molecule has 0 amide bonds. The molecule has 96 valence electrons. The van der Waals surface area contributed by atoms with E-state index in [4.69, 9.17) is 0 Å². The van der Waals surface area contributed by atoms with Gasteiger partial charge in [-0.15, -0.1) is 11.3 Å². The number of rotatable bonds is 3. The van der Waals surface area contributed by atoms with Crippen molar-refractivity contribution >= 4 is 17.0 Å². The summed E-state index contributed by atoms with van der Waals surface area (Å²) in [5.74, 6) is -0.172. The maximum absolute atomic E-state index is 13.2. The average Bonchev–Trinajstić information content (AvgIpc) is 2.63. The molecule has 0 saturated heterocycles. The summed E-state index contributed by atoms with van der Waals surface area (Å²) < 4.78 is 13.2. The van der Waals surface area contributed by atoms with Crippen molar-refractivity contribution in [3.63, 3.8) is 0 Å². The molecule has 2 rings (SSSR count). The smallest absolute Gasteiger partial charge is 0.126 e. The minimum atomic E-state index is -0.172. The Labute approximate surface area is 111 Å². The van der Waals surface area contributed by atoms with Crippen molar-refractivity contribution in [1.82, 2.24) is 4.98 Å². The Morgan fingerprint density at radius 2 is 2.00 bits per heavy atom. The van der Waals surface area contributed by atoms with Gasteiger partial charge in [-0.2, -0.15) is 0 Å². The minimum Gasteiger partial charge on any atom is -0.377 e. The molecule has 1 heterocycles. The van der Waals surface area contributed by atoms with E-state index >= 15 is 0 Å². The van der Waals surface area contributed by atoms with E-state index in [1.54, 1.807) is 24.3 Å². The number of halogens is 1. The van der Waals surface area contributed by atoms with Crippen LogP contribution in [0.3, 0.4) is 0 Å². The summed E-state index contributed by atoms with van der Waals surface area (Å²) in [6.45, 7) is 7.92. The van der Waals surface area contributed by atoms with Gasteiger partial charge in [0.15, 0.2) is 0 Å². The van der Waals surface area contributed by atoms with Gasteiger partial charge in [0.1, 0.15) is 5.82 Å². The first-order valence-corrected chi connectivity index (χ1v) is 6.75. The van der Waals surface area contributed by atoms with Crippen LogP contribution >= 0.6 is 11.3 Å². The van der Waals surface area contributed by atoms with E-state index < -0.39 is 0 Å². The monoisotopic (exact) mass is 264 g/mol. The summed E-state index contributed by atoms with van der Waals surface area (Å²) in [7, 11) is 0. The van der Waals surface area contributed by atoms with Crippen LogP contribution in [0.5, 0.6) is 0 Å². The summed E-state index contributed by atoms with van der Waals surface area (Å²) in [6.07, 6.45) is 0. The van der Waals surface area contributed by atoms with Gasteiger partial charge in [0.2, 0.25) is 0 Å². The molecule has 0 fully saturated rings. The molecule has 1 unspecified atom stereocenters. The number of nitrogens with zero attached hydrogens (tertiary/aromatic N) is 1. The zero-order valence-electron chi connectivity index (χ0n) is 11.0. The van der Waals surface area contributed by atoms with E-state index in [9.17, 15) is 4.39 Å². The molecule has 0 aliphatic carbocycles. The SMILES string of the molecule is Cc1nc(C(C)Nc2ccc(F)c(C)c2)c(C)s1. The fraction of sp³-hybridized carbons (Fsp3) is 0.357. The molecule has 0 aliphatic rings. The van der Waals surface area contributed by atoms with E-state index in [1.807, 2.05) is 13.0 Å². The highest BCUT2D eigenvalue weighted by Gasteiger charge is 2.13. The van der Waals surface area contributed by atoms with Crippen molar-refractivity contribution in [1.29, 1.82) is 0 Å². The summed E-state index contributed by atoms with van der Waals surface area (Å²) in [5, 5.41) is 4.43. The van der Waals surface area contributed by atoms with E-state index in [-0.39, 0.29) is 11.9 Å². The molecule has 1 aromatic carbocycles. The molecule has 1 N–H and O–H groups in total. The molecule has 4 heteroatoms. The maximum Gasteiger partial charge on any atom is 0.126 e. The van der Waals surface area contributed by atoms with Crippen LogP contribution in [0.2, 0.25) is 0 Å². The van der Waals surface area contributed by atoms with Crippen molar-refractivity contribution in [2.45, 2.75) is 33.7 Å². The molecule has 0 radical (unpaired) electrons. The standard InChI is InChI=1S/C14H17FN2S/c1-8-7-12(5-6-13(8)15)16-9(2)14-10(3)18-11(4)17-14/h5-7,9,16H,1-4H3. The van der Waals surface area contributed by atoms with E-state index in [0.717, 1.165) is 16.4 Å². The number of aromatic nitrogens is 1. The van der Waals surface area contributed by atoms with Crippen LogP contribution < -0.4 is 5.32 Å². The van der Waals surface area contributed by atoms with Crippen LogP contribution in [0.4, 0.5) is 10.1 Å². The lowest BCUT2D eigenvalue weighted by atomic mass is 10.1. The molecular formula is C14H17FN2S. The van der Waals surface area contributed by atoms with Crippen LogP contribution in [0.15, 0.2) is 18.2 Å². The van der Waals surface area contributed by atoms with Gasteiger partial charge < -0.3 is 5.32 Å². The number of aryl methyl sites for hydroxylation is 3. The summed E-state index contributed by atoms with van der Waals surface area (Å²) in [5.41, 5.74) is 2.64. The van der Waals surface area contributed by atoms with Crippen LogP contribution in [0.1, 0.15) is 34.1 Å². The maximum atomic E-state index is 13.2. The Morgan fingerprint density at radius 1 is 1.28 bits per heavy atom. The molecule has 0 saturated carbocycles. The third-order valence-electron chi connectivity index (χ3n) is 2.89. The van der Waals surface area contributed by atoms with Crippen LogP contribution in [0.25, 0.3) is 0 Å². The topological polar surface area (TPSA) is 24.9 Å². The third kappa shape index (κ3) is 2.70. The van der Waals surface area contributed by atoms with Crippen LogP contribution in [-0.2, 0) is 0 Å². The Balaban J connectivity index is 2.18. The normalized spacial score (nSPS) is 12.5. The summed E-state index contributed by atoms with van der Waals surface area (Å²) in [6, 6.07) is 5.19. The zero-order chi connectivity index (χ0) is 13.3. The Bertz CT molecular complexity index is 563. The van der Waals surface area contributed by atoms with Crippen molar-refractivity contribution in [2.24, 2.45) is 0 Å². The Kier molecular flexibility index (Phi) is 3.66. The zero-order valence-corrected chi connectivity index (χ0v) is 11.9. The number of hydrogen-bond acceptors (Lipinski definition) is 3. The van der Waals surface area contributed by atoms with Crippen molar-refractivity contribution < 1.29 is 4.39 Å². The predicted octanol–water partition coefficient (Wildman–Crippen LogP) is 4.38. The van der Waals surface area contributed by atoms with Gasteiger partial charge in [-0.05, 0) is 51.5 Å². The van der Waals surface area contributed by atoms with Gasteiger partial charge in [-0.25, -0.2) is 9.37 Å². The fourth-order valence-corrected chi connectivity index (χ4v) is 2.91. The predicted molar refractivity (Wildman–Crippen MR) is 74.8 cm³/mol. The number of benzene rings is 1. The summed E-state index contributed by atoms with van der Waals surface area (Å²) >= 11 is 1.70. The largest absolute Gasteiger partial charge is 0.377 e. The van der Waals surface area contributed by atoms with E-state index in [1.165, 1.54) is 10.9 Å². The lowest BCUT2D eigenvalue weighted by Gasteiger charge is -2.14. The van der Waals surface area contributed by atoms with Crippen molar-refractivity contribution in [3.8, 4) is 0 Å². The summed E-state index contributed by atoms with van der Waals surface area (Å²) in [4.78, 5) is 5.76. The fourth-order valence-electron chi connectivity index (χ4n) is 2.00. The lowest BCUT2D eigenvalue weighted by Crippen LogP contribution is -2.08. The highest BCUT2D eigenvalue weighted by atomic mass is 32.1. The number of thiazole rings is 1. The second kappa shape index (κ2) is 5.06. The number of anilines is 1. The first-order chi connectivity index (χ1) is 8.47. The minimum absolute atomic E-state index is 0.125. The number of nitrogens with one attached hydrogen (secondary N) is 1. The first kappa shape index (κ1) is 13.0. The average molecular weight is 264 g/mol. The van der Waals surface area contributed by atoms with Gasteiger partial charge in [-0.1, -0.05) is 0 Å². The van der Waals surface area contributed by atoms with Gasteiger partial charge in [0.25, 0.3) is 0 Å². The van der Waals surface area contributed by atoms with Gasteiger partial charge in [0, 0.05) is 10.6 Å². The Morgan fingerprint density at radius 3 is 2.56 bits per heavy atom. The van der Waals surface area contributed by atoms with Gasteiger partial charge in [-0.3, -0.25) is 0 Å². The molecule has 0 aliphatic heterocycles. The van der Waals surface area contributed by atoms with Crippen LogP contribution in [-0.4, -0.2) is 4.98 Å². The highest BCUT2D eigenvalue weighted by molar-refractivity contribution is 7.11. The highest BCUT2D eigenvalue weighted by Crippen LogP contribution is 2.26. The molecule has 1 aromatic heterocycles. The van der Waals surface area contributed by atoms with Gasteiger partial charge >= 0.3 is 0 Å². The molecule has 0 bridgehead atoms. The molecular weight excluding hydrogens is 247 g/mol. The first-order valence-electron chi connectivity index (χ1n) is 5.94. The Hall–Kier alpha value is -1.42. The van der Waals surface area contributed by atoms with Crippen molar-refractivity contribution in [3.05, 3.63) is 45.2 Å². The third-order valence-corrected chi connectivity index (χ3v) is 3.79.